The second kappa shape index (κ2) is 4.25. The first-order chi connectivity index (χ1) is 6.79. The summed E-state index contributed by atoms with van der Waals surface area (Å²) in [6.07, 6.45) is 0. The molecule has 0 radical (unpaired) electrons. The third-order valence-electron chi connectivity index (χ3n) is 1.98. The van der Waals surface area contributed by atoms with Gasteiger partial charge in [-0.05, 0) is 5.21 Å². The number of ether oxygens (including phenoxy) is 1. The van der Waals surface area contributed by atoms with Crippen molar-refractivity contribution in [3.05, 3.63) is 10.3 Å². The van der Waals surface area contributed by atoms with Crippen LogP contribution in [-0.4, -0.2) is 41.7 Å². The average molecular weight is 235 g/mol. The largest absolute Gasteiger partial charge is 0.378 e. The minimum Gasteiger partial charge on any atom is -0.378 e. The number of morpholine rings is 1. The Morgan fingerprint density at radius 3 is 2.21 bits per heavy atom. The number of aromatic nitrogens is 3. The van der Waals surface area contributed by atoms with Crippen LogP contribution in [0.25, 0.3) is 0 Å². The molecule has 76 valence electrons. The molecule has 1 fully saturated rings. The molecule has 5 nitrogen and oxygen atoms in total. The van der Waals surface area contributed by atoms with E-state index in [1.54, 1.807) is 0 Å². The molecular weight excluding hydrogens is 227 g/mol. The van der Waals surface area contributed by atoms with Crippen LogP contribution in [0, 0.1) is 0 Å². The van der Waals surface area contributed by atoms with Gasteiger partial charge >= 0.3 is 0 Å². The Hall–Kier alpha value is -0.650. The lowest BCUT2D eigenvalue weighted by atomic mass is 10.4. The molecule has 0 bridgehead atoms. The van der Waals surface area contributed by atoms with Gasteiger partial charge in [-0.25, -0.2) is 0 Å². The van der Waals surface area contributed by atoms with E-state index in [1.165, 1.54) is 0 Å². The van der Waals surface area contributed by atoms with E-state index in [1.807, 2.05) is 4.90 Å². The van der Waals surface area contributed by atoms with Crippen LogP contribution in [-0.2, 0) is 4.74 Å². The molecule has 0 unspecified atom stereocenters. The van der Waals surface area contributed by atoms with Gasteiger partial charge in [0, 0.05) is 13.1 Å². The predicted octanol–water partition coefficient (Wildman–Crippen LogP) is 1.01. The van der Waals surface area contributed by atoms with E-state index >= 15 is 0 Å². The Balaban J connectivity index is 2.29. The Bertz CT molecular complexity index is 309. The van der Waals surface area contributed by atoms with Gasteiger partial charge in [0.05, 0.1) is 13.2 Å². The van der Waals surface area contributed by atoms with Crippen molar-refractivity contribution in [2.24, 2.45) is 0 Å². The molecule has 1 aromatic rings. The quantitative estimate of drug-likeness (QED) is 0.727. The third kappa shape index (κ3) is 1.89. The molecule has 1 aliphatic heterocycles. The zero-order valence-corrected chi connectivity index (χ0v) is 8.79. The van der Waals surface area contributed by atoms with Crippen molar-refractivity contribution < 1.29 is 4.74 Å². The maximum Gasteiger partial charge on any atom is 0.179 e. The first-order valence-corrected chi connectivity index (χ1v) is 4.91. The molecule has 2 rings (SSSR count). The van der Waals surface area contributed by atoms with E-state index in [0.29, 0.717) is 18.9 Å². The fourth-order valence-corrected chi connectivity index (χ4v) is 1.86. The zero-order valence-electron chi connectivity index (χ0n) is 7.28. The molecule has 2 heterocycles. The molecule has 0 spiro atoms. The van der Waals surface area contributed by atoms with Crippen molar-refractivity contribution in [2.75, 3.05) is 31.2 Å². The Kier molecular flexibility index (Phi) is 3.00. The van der Waals surface area contributed by atoms with Gasteiger partial charge in [-0.2, -0.15) is 0 Å². The van der Waals surface area contributed by atoms with Gasteiger partial charge in [0.25, 0.3) is 0 Å². The summed E-state index contributed by atoms with van der Waals surface area (Å²) in [5, 5.41) is 11.3. The second-order valence-corrected chi connectivity index (χ2v) is 3.54. The normalized spacial score (nSPS) is 17.1. The number of anilines is 1. The molecule has 0 N–H and O–H groups in total. The van der Waals surface area contributed by atoms with Gasteiger partial charge in [0.1, 0.15) is 5.69 Å². The fourth-order valence-electron chi connectivity index (χ4n) is 1.33. The summed E-state index contributed by atoms with van der Waals surface area (Å²) in [5.41, 5.74) is 0.645. The molecule has 14 heavy (non-hydrogen) atoms. The maximum atomic E-state index is 5.88. The number of halogens is 2. The molecule has 0 aromatic carbocycles. The highest BCUT2D eigenvalue weighted by Gasteiger charge is 2.19. The SMILES string of the molecule is Clc1nnnc(Cl)c1N1CCOCC1. The molecule has 7 heteroatoms. The van der Waals surface area contributed by atoms with Crippen LogP contribution in [0.4, 0.5) is 5.69 Å². The molecule has 0 amide bonds. The third-order valence-corrected chi connectivity index (χ3v) is 2.49. The molecule has 0 atom stereocenters. The van der Waals surface area contributed by atoms with Crippen LogP contribution >= 0.6 is 23.2 Å². The number of rotatable bonds is 1. The number of hydrogen-bond donors (Lipinski definition) is 0. The first kappa shape index (κ1) is 9.89. The molecule has 1 saturated heterocycles. The van der Waals surface area contributed by atoms with E-state index in [2.05, 4.69) is 15.4 Å². The highest BCUT2D eigenvalue weighted by atomic mass is 35.5. The van der Waals surface area contributed by atoms with Crippen molar-refractivity contribution in [2.45, 2.75) is 0 Å². The average Bonchev–Trinajstić information content (AvgIpc) is 2.19. The standard InChI is InChI=1S/C7H8Cl2N4O/c8-6-5(7(9)11-12-10-6)13-1-3-14-4-2-13/h1-4H2. The smallest absolute Gasteiger partial charge is 0.179 e. The minimum absolute atomic E-state index is 0.284. The Labute approximate surface area is 91.0 Å². The van der Waals surface area contributed by atoms with E-state index in [-0.39, 0.29) is 10.3 Å². The van der Waals surface area contributed by atoms with E-state index in [4.69, 9.17) is 27.9 Å². The summed E-state index contributed by atoms with van der Waals surface area (Å²) >= 11 is 11.8. The Morgan fingerprint density at radius 2 is 1.64 bits per heavy atom. The molecule has 0 aliphatic carbocycles. The van der Waals surface area contributed by atoms with Gasteiger partial charge in [-0.15, -0.1) is 10.2 Å². The van der Waals surface area contributed by atoms with Gasteiger partial charge in [0.2, 0.25) is 0 Å². The molecule has 1 aromatic heterocycles. The summed E-state index contributed by atoms with van der Waals surface area (Å²) < 4.78 is 5.22. The van der Waals surface area contributed by atoms with E-state index in [0.717, 1.165) is 13.1 Å². The summed E-state index contributed by atoms with van der Waals surface area (Å²) in [6.45, 7) is 2.81. The van der Waals surface area contributed by atoms with Gasteiger partial charge in [-0.3, -0.25) is 0 Å². The lowest BCUT2D eigenvalue weighted by Crippen LogP contribution is -2.36. The van der Waals surface area contributed by atoms with Gasteiger partial charge in [-0.1, -0.05) is 23.2 Å². The lowest BCUT2D eigenvalue weighted by Gasteiger charge is -2.28. The van der Waals surface area contributed by atoms with Crippen molar-refractivity contribution in [3.63, 3.8) is 0 Å². The van der Waals surface area contributed by atoms with E-state index in [9.17, 15) is 0 Å². The van der Waals surface area contributed by atoms with Crippen LogP contribution in [0.1, 0.15) is 0 Å². The second-order valence-electron chi connectivity index (χ2n) is 2.82. The zero-order chi connectivity index (χ0) is 9.97. The predicted molar refractivity (Wildman–Crippen MR) is 52.9 cm³/mol. The Morgan fingerprint density at radius 1 is 1.07 bits per heavy atom. The summed E-state index contributed by atoms with van der Waals surface area (Å²) in [4.78, 5) is 2.00. The van der Waals surface area contributed by atoms with Crippen LogP contribution < -0.4 is 4.90 Å². The molecule has 1 aliphatic rings. The monoisotopic (exact) mass is 234 g/mol. The molecular formula is C7H8Cl2N4O. The van der Waals surface area contributed by atoms with Crippen LogP contribution in [0.15, 0.2) is 0 Å². The van der Waals surface area contributed by atoms with Crippen molar-refractivity contribution in [1.29, 1.82) is 0 Å². The van der Waals surface area contributed by atoms with E-state index < -0.39 is 0 Å². The molecule has 0 saturated carbocycles. The highest BCUT2D eigenvalue weighted by Crippen LogP contribution is 2.29. The summed E-state index contributed by atoms with van der Waals surface area (Å²) in [5.74, 6) is 0. The lowest BCUT2D eigenvalue weighted by molar-refractivity contribution is 0.122. The van der Waals surface area contributed by atoms with Gasteiger partial charge < -0.3 is 9.64 Å². The summed E-state index contributed by atoms with van der Waals surface area (Å²) in [6, 6.07) is 0. The van der Waals surface area contributed by atoms with Crippen LogP contribution in [0.5, 0.6) is 0 Å². The minimum atomic E-state index is 0.284. The maximum absolute atomic E-state index is 5.88. The summed E-state index contributed by atoms with van der Waals surface area (Å²) in [7, 11) is 0. The first-order valence-electron chi connectivity index (χ1n) is 4.16. The van der Waals surface area contributed by atoms with Crippen molar-refractivity contribution in [1.82, 2.24) is 15.4 Å². The van der Waals surface area contributed by atoms with Crippen molar-refractivity contribution >= 4 is 28.9 Å². The van der Waals surface area contributed by atoms with Crippen LogP contribution in [0.3, 0.4) is 0 Å². The van der Waals surface area contributed by atoms with Crippen molar-refractivity contribution in [3.8, 4) is 0 Å². The number of hydrogen-bond acceptors (Lipinski definition) is 5. The van der Waals surface area contributed by atoms with Gasteiger partial charge in [0.15, 0.2) is 10.3 Å². The van der Waals surface area contributed by atoms with Crippen LogP contribution in [0.2, 0.25) is 10.3 Å². The fraction of sp³-hybridized carbons (Fsp3) is 0.571. The topological polar surface area (TPSA) is 51.1 Å². The highest BCUT2D eigenvalue weighted by molar-refractivity contribution is 6.37. The number of nitrogens with zero attached hydrogens (tertiary/aromatic N) is 4.